The van der Waals surface area contributed by atoms with Crippen molar-refractivity contribution in [1.29, 1.82) is 0 Å². The van der Waals surface area contributed by atoms with Crippen LogP contribution in [0.2, 0.25) is 0 Å². The van der Waals surface area contributed by atoms with E-state index in [0.717, 1.165) is 25.3 Å². The molecule has 0 saturated carbocycles. The fourth-order valence-electron chi connectivity index (χ4n) is 1.75. The highest BCUT2D eigenvalue weighted by Gasteiger charge is 2.20. The first-order valence-electron chi connectivity index (χ1n) is 6.06. The third-order valence-electron chi connectivity index (χ3n) is 2.93. The summed E-state index contributed by atoms with van der Waals surface area (Å²) in [5, 5.41) is 12.1. The number of rotatable bonds is 7. The fraction of sp³-hybridized carbons (Fsp3) is 0.571. The van der Waals surface area contributed by atoms with Gasteiger partial charge in [0.05, 0.1) is 7.11 Å². The van der Waals surface area contributed by atoms with Gasteiger partial charge in [-0.05, 0) is 30.7 Å². The quantitative estimate of drug-likeness (QED) is 0.712. The lowest BCUT2D eigenvalue weighted by Gasteiger charge is -2.26. The van der Waals surface area contributed by atoms with Crippen LogP contribution >= 0.6 is 0 Å². The van der Waals surface area contributed by atoms with E-state index in [1.165, 1.54) is 5.56 Å². The Hall–Kier alpha value is -1.06. The maximum absolute atomic E-state index is 8.72. The molecule has 0 aromatic heterocycles. The first kappa shape index (κ1) is 14.0. The first-order valence-corrected chi connectivity index (χ1v) is 6.06. The Morgan fingerprint density at radius 2 is 2.12 bits per heavy atom. The molecule has 0 atom stereocenters. The molecule has 2 N–H and O–H groups in total. The Morgan fingerprint density at radius 3 is 2.76 bits per heavy atom. The Bertz CT molecular complexity index is 337. The monoisotopic (exact) mass is 237 g/mol. The van der Waals surface area contributed by atoms with Gasteiger partial charge in [-0.3, -0.25) is 0 Å². The number of aliphatic hydroxyl groups is 1. The number of nitrogens with one attached hydrogen (secondary N) is 1. The topological polar surface area (TPSA) is 41.5 Å². The molecule has 3 nitrogen and oxygen atoms in total. The van der Waals surface area contributed by atoms with Crippen molar-refractivity contribution in [3.63, 3.8) is 0 Å². The maximum atomic E-state index is 8.72. The molecule has 0 radical (unpaired) electrons. The lowest BCUT2D eigenvalue weighted by Crippen LogP contribution is -2.33. The zero-order valence-electron chi connectivity index (χ0n) is 11.0. The summed E-state index contributed by atoms with van der Waals surface area (Å²) < 4.78 is 5.24. The molecular weight excluding hydrogens is 214 g/mol. The molecule has 0 aliphatic heterocycles. The zero-order valence-corrected chi connectivity index (χ0v) is 11.0. The van der Waals surface area contributed by atoms with Gasteiger partial charge < -0.3 is 15.2 Å². The van der Waals surface area contributed by atoms with Gasteiger partial charge in [0.25, 0.3) is 0 Å². The second-order valence-corrected chi connectivity index (χ2v) is 4.87. The van der Waals surface area contributed by atoms with Crippen LogP contribution in [0.5, 0.6) is 5.75 Å². The smallest absolute Gasteiger partial charge is 0.119 e. The van der Waals surface area contributed by atoms with Crippen molar-refractivity contribution in [2.45, 2.75) is 25.7 Å². The number of ether oxygens (including phenoxy) is 1. The van der Waals surface area contributed by atoms with Crippen molar-refractivity contribution < 1.29 is 9.84 Å². The molecule has 0 fully saturated rings. The molecular formula is C14H23NO2. The molecule has 17 heavy (non-hydrogen) atoms. The maximum Gasteiger partial charge on any atom is 0.119 e. The highest BCUT2D eigenvalue weighted by Crippen LogP contribution is 2.25. The van der Waals surface area contributed by atoms with Gasteiger partial charge in [0.1, 0.15) is 5.75 Å². The standard InChI is InChI=1S/C14H23NO2/c1-14(2,11-15-8-5-9-16)12-6-4-7-13(10-12)17-3/h4,6-7,10,15-16H,5,8-9,11H2,1-3H3. The van der Waals surface area contributed by atoms with Crippen molar-refractivity contribution in [2.24, 2.45) is 0 Å². The van der Waals surface area contributed by atoms with Gasteiger partial charge in [-0.2, -0.15) is 0 Å². The normalized spacial score (nSPS) is 11.5. The van der Waals surface area contributed by atoms with Crippen molar-refractivity contribution in [3.8, 4) is 5.75 Å². The molecule has 0 unspecified atom stereocenters. The lowest BCUT2D eigenvalue weighted by atomic mass is 9.84. The van der Waals surface area contributed by atoms with Crippen LogP contribution in [0.15, 0.2) is 24.3 Å². The molecule has 1 rings (SSSR count). The average Bonchev–Trinajstić information content (AvgIpc) is 2.35. The average molecular weight is 237 g/mol. The van der Waals surface area contributed by atoms with Gasteiger partial charge in [0, 0.05) is 18.6 Å². The van der Waals surface area contributed by atoms with Gasteiger partial charge in [0.2, 0.25) is 0 Å². The van der Waals surface area contributed by atoms with Crippen molar-refractivity contribution in [1.82, 2.24) is 5.32 Å². The zero-order chi connectivity index (χ0) is 12.7. The minimum absolute atomic E-state index is 0.0595. The van der Waals surface area contributed by atoms with E-state index in [-0.39, 0.29) is 12.0 Å². The molecule has 1 aromatic rings. The van der Waals surface area contributed by atoms with Gasteiger partial charge >= 0.3 is 0 Å². The molecule has 0 amide bonds. The molecule has 0 aliphatic rings. The minimum atomic E-state index is 0.0595. The number of benzene rings is 1. The van der Waals surface area contributed by atoms with Gasteiger partial charge in [-0.1, -0.05) is 26.0 Å². The van der Waals surface area contributed by atoms with Crippen molar-refractivity contribution >= 4 is 0 Å². The molecule has 0 heterocycles. The first-order chi connectivity index (χ1) is 8.10. The second-order valence-electron chi connectivity index (χ2n) is 4.87. The number of aliphatic hydroxyl groups excluding tert-OH is 1. The van der Waals surface area contributed by atoms with Gasteiger partial charge in [0.15, 0.2) is 0 Å². The third-order valence-corrected chi connectivity index (χ3v) is 2.93. The summed E-state index contributed by atoms with van der Waals surface area (Å²) >= 11 is 0. The Morgan fingerprint density at radius 1 is 1.35 bits per heavy atom. The second kappa shape index (κ2) is 6.62. The van der Waals surface area contributed by atoms with E-state index >= 15 is 0 Å². The van der Waals surface area contributed by atoms with E-state index in [0.29, 0.717) is 0 Å². The summed E-state index contributed by atoms with van der Waals surface area (Å²) in [5.74, 6) is 0.894. The summed E-state index contributed by atoms with van der Waals surface area (Å²) in [5.41, 5.74) is 1.32. The third kappa shape index (κ3) is 4.36. The summed E-state index contributed by atoms with van der Waals surface area (Å²) in [7, 11) is 1.69. The molecule has 96 valence electrons. The van der Waals surface area contributed by atoms with Crippen molar-refractivity contribution in [3.05, 3.63) is 29.8 Å². The molecule has 1 aromatic carbocycles. The summed E-state index contributed by atoms with van der Waals surface area (Å²) in [6.07, 6.45) is 0.800. The minimum Gasteiger partial charge on any atom is -0.497 e. The van der Waals surface area contributed by atoms with E-state index in [9.17, 15) is 0 Å². The SMILES string of the molecule is COc1cccc(C(C)(C)CNCCCO)c1. The number of hydrogen-bond donors (Lipinski definition) is 2. The Labute approximate surface area is 104 Å². The fourth-order valence-corrected chi connectivity index (χ4v) is 1.75. The van der Waals surface area contributed by atoms with Crippen LogP contribution in [-0.2, 0) is 5.41 Å². The highest BCUT2D eigenvalue weighted by atomic mass is 16.5. The summed E-state index contributed by atoms with van der Waals surface area (Å²) in [4.78, 5) is 0. The number of methoxy groups -OCH3 is 1. The van der Waals surface area contributed by atoms with Crippen molar-refractivity contribution in [2.75, 3.05) is 26.8 Å². The van der Waals surface area contributed by atoms with E-state index in [2.05, 4.69) is 31.3 Å². The van der Waals surface area contributed by atoms with E-state index < -0.39 is 0 Å². The highest BCUT2D eigenvalue weighted by molar-refractivity contribution is 5.33. The van der Waals surface area contributed by atoms with Gasteiger partial charge in [-0.15, -0.1) is 0 Å². The Balaban J connectivity index is 2.61. The van der Waals surface area contributed by atoms with Crippen LogP contribution in [0.4, 0.5) is 0 Å². The van der Waals surface area contributed by atoms with Crippen LogP contribution in [-0.4, -0.2) is 31.9 Å². The van der Waals surface area contributed by atoms with Crippen LogP contribution < -0.4 is 10.1 Å². The largest absolute Gasteiger partial charge is 0.497 e. The van der Waals surface area contributed by atoms with E-state index in [4.69, 9.17) is 9.84 Å². The predicted octanol–water partition coefficient (Wildman–Crippen LogP) is 1.94. The number of hydrogen-bond acceptors (Lipinski definition) is 3. The van der Waals surface area contributed by atoms with Gasteiger partial charge in [-0.25, -0.2) is 0 Å². The van der Waals surface area contributed by atoms with Crippen LogP contribution in [0.25, 0.3) is 0 Å². The van der Waals surface area contributed by atoms with E-state index in [1.807, 2.05) is 12.1 Å². The predicted molar refractivity (Wildman–Crippen MR) is 70.6 cm³/mol. The van der Waals surface area contributed by atoms with Crippen LogP contribution in [0.3, 0.4) is 0 Å². The van der Waals surface area contributed by atoms with Crippen LogP contribution in [0, 0.1) is 0 Å². The molecule has 0 aliphatic carbocycles. The summed E-state index contributed by atoms with van der Waals surface area (Å²) in [6, 6.07) is 8.17. The molecule has 0 bridgehead atoms. The van der Waals surface area contributed by atoms with Crippen LogP contribution in [0.1, 0.15) is 25.8 Å². The Kier molecular flexibility index (Phi) is 5.45. The summed E-state index contributed by atoms with van der Waals surface area (Å²) in [6.45, 7) is 6.39. The van der Waals surface area contributed by atoms with E-state index in [1.54, 1.807) is 7.11 Å². The molecule has 0 spiro atoms. The lowest BCUT2D eigenvalue weighted by molar-refractivity contribution is 0.284. The molecule has 3 heteroatoms. The molecule has 0 saturated heterocycles.